The lowest BCUT2D eigenvalue weighted by atomic mass is 10.1. The van der Waals surface area contributed by atoms with Crippen LogP contribution in [0, 0.1) is 17.4 Å². The summed E-state index contributed by atoms with van der Waals surface area (Å²) in [7, 11) is -3.30. The lowest BCUT2D eigenvalue weighted by Crippen LogP contribution is -3.61. The molecule has 0 radical (unpaired) electrons. The van der Waals surface area contributed by atoms with E-state index in [-0.39, 0.29) is 21.2 Å². The standard InChI is InChI=1S/C19H17INO.ClHO4/c1-22-19-12-11-15(14-21-19)13-16-7-5-6-10-18(16)20-17-8-3-2-4-9-17;2-1(3,4)5/h2-12,14H,13H2,1H3;(H,2,3,4,5)/q+1;/p-1. The van der Waals surface area contributed by atoms with Gasteiger partial charge in [0.15, 0.2) is 7.14 Å². The minimum absolute atomic E-state index is 0.146. The minimum Gasteiger partial charge on any atom is -0.481 e. The first-order valence-corrected chi connectivity index (χ1v) is 11.1. The van der Waals surface area contributed by atoms with E-state index in [0.717, 1.165) is 6.42 Å². The molecule has 2 aromatic carbocycles. The minimum atomic E-state index is -4.94. The molecule has 0 saturated heterocycles. The van der Waals surface area contributed by atoms with Gasteiger partial charge in [0.05, 0.1) is 7.11 Å². The van der Waals surface area contributed by atoms with Gasteiger partial charge in [-0.25, -0.2) is 23.6 Å². The van der Waals surface area contributed by atoms with Crippen LogP contribution in [-0.2, 0) is 6.42 Å². The molecule has 0 aliphatic heterocycles. The Morgan fingerprint density at radius 1 is 0.889 bits per heavy atom. The average molecular weight is 502 g/mol. The molecule has 27 heavy (non-hydrogen) atoms. The number of hydrogen-bond acceptors (Lipinski definition) is 6. The van der Waals surface area contributed by atoms with Crippen LogP contribution in [0.25, 0.3) is 0 Å². The molecular weight excluding hydrogens is 485 g/mol. The van der Waals surface area contributed by atoms with Crippen LogP contribution in [0.5, 0.6) is 5.88 Å². The van der Waals surface area contributed by atoms with Crippen LogP contribution in [0.15, 0.2) is 72.9 Å². The summed E-state index contributed by atoms with van der Waals surface area (Å²) in [5, 5.41) is 0. The average Bonchev–Trinajstić information content (AvgIpc) is 2.63. The molecule has 0 bridgehead atoms. The summed E-state index contributed by atoms with van der Waals surface area (Å²) in [6.45, 7) is 0. The maximum absolute atomic E-state index is 8.49. The Kier molecular flexibility index (Phi) is 8.42. The smallest absolute Gasteiger partial charge is 0.358 e. The first-order valence-electron chi connectivity index (χ1n) is 7.73. The third kappa shape index (κ3) is 8.65. The Bertz CT molecular complexity index is 820. The molecular formula is C19H17ClINO5. The third-order valence-electron chi connectivity index (χ3n) is 3.30. The van der Waals surface area contributed by atoms with Crippen LogP contribution in [0.3, 0.4) is 0 Å². The number of hydrogen-bond donors (Lipinski definition) is 0. The highest BCUT2D eigenvalue weighted by Gasteiger charge is 2.19. The van der Waals surface area contributed by atoms with Crippen molar-refractivity contribution in [3.8, 4) is 5.88 Å². The van der Waals surface area contributed by atoms with Crippen LogP contribution in [0.1, 0.15) is 11.1 Å². The quantitative estimate of drug-likeness (QED) is 0.330. The van der Waals surface area contributed by atoms with E-state index in [1.807, 2.05) is 12.3 Å². The van der Waals surface area contributed by atoms with Gasteiger partial charge >= 0.3 is 21.2 Å². The largest absolute Gasteiger partial charge is 0.481 e. The van der Waals surface area contributed by atoms with Crippen molar-refractivity contribution in [3.63, 3.8) is 0 Å². The summed E-state index contributed by atoms with van der Waals surface area (Å²) in [5.41, 5.74) is 2.61. The van der Waals surface area contributed by atoms with Crippen LogP contribution < -0.4 is 44.6 Å². The van der Waals surface area contributed by atoms with Gasteiger partial charge in [0.2, 0.25) is 5.88 Å². The molecule has 6 nitrogen and oxygen atoms in total. The van der Waals surface area contributed by atoms with Crippen molar-refractivity contribution in [1.82, 2.24) is 4.98 Å². The monoisotopic (exact) mass is 501 g/mol. The number of pyridine rings is 1. The van der Waals surface area contributed by atoms with Crippen molar-refractivity contribution in [3.05, 3.63) is 91.2 Å². The van der Waals surface area contributed by atoms with E-state index >= 15 is 0 Å². The van der Waals surface area contributed by atoms with Crippen molar-refractivity contribution < 1.29 is 54.8 Å². The van der Waals surface area contributed by atoms with Gasteiger partial charge < -0.3 is 4.74 Å². The molecule has 1 heterocycles. The summed E-state index contributed by atoms with van der Waals surface area (Å²) in [6, 6.07) is 23.5. The molecule has 0 amide bonds. The van der Waals surface area contributed by atoms with Gasteiger partial charge in [0.1, 0.15) is 0 Å². The second-order valence-corrected chi connectivity index (χ2v) is 8.95. The number of benzene rings is 2. The third-order valence-corrected chi connectivity index (χ3v) is 6.28. The number of methoxy groups -OCH3 is 1. The molecule has 0 aliphatic carbocycles. The molecule has 8 heteroatoms. The molecule has 0 atom stereocenters. The Balaban J connectivity index is 0.000000465. The Morgan fingerprint density at radius 3 is 2.11 bits per heavy atom. The van der Waals surface area contributed by atoms with E-state index in [0.29, 0.717) is 5.88 Å². The van der Waals surface area contributed by atoms with Gasteiger partial charge in [-0.1, -0.05) is 42.5 Å². The number of ether oxygens (including phenoxy) is 1. The van der Waals surface area contributed by atoms with Crippen LogP contribution in [-0.4, -0.2) is 12.1 Å². The van der Waals surface area contributed by atoms with E-state index in [4.69, 9.17) is 23.4 Å². The number of halogens is 2. The summed E-state index contributed by atoms with van der Waals surface area (Å²) >= 11 is -0.146. The van der Waals surface area contributed by atoms with Crippen molar-refractivity contribution in [1.29, 1.82) is 0 Å². The van der Waals surface area contributed by atoms with E-state index in [2.05, 4.69) is 65.6 Å². The van der Waals surface area contributed by atoms with Gasteiger partial charge in [0.25, 0.3) is 0 Å². The molecule has 3 aromatic rings. The molecule has 1 aromatic heterocycles. The maximum Gasteiger partial charge on any atom is 0.358 e. The molecule has 142 valence electrons. The molecule has 0 N–H and O–H groups in total. The fourth-order valence-electron chi connectivity index (χ4n) is 2.19. The zero-order valence-corrected chi connectivity index (χ0v) is 17.3. The predicted molar refractivity (Wildman–Crippen MR) is 83.9 cm³/mol. The fourth-order valence-corrected chi connectivity index (χ4v) is 4.74. The lowest BCUT2D eigenvalue weighted by Gasteiger charge is -2.17. The maximum atomic E-state index is 8.49. The highest BCUT2D eigenvalue weighted by Crippen LogP contribution is 2.11. The highest BCUT2D eigenvalue weighted by molar-refractivity contribution is 5.26. The Labute approximate surface area is 170 Å². The molecule has 0 saturated carbocycles. The summed E-state index contributed by atoms with van der Waals surface area (Å²) < 4.78 is 42.0. The predicted octanol–water partition coefficient (Wildman–Crippen LogP) is -3.95. The molecule has 0 spiro atoms. The van der Waals surface area contributed by atoms with Crippen molar-refractivity contribution in [2.24, 2.45) is 0 Å². The number of rotatable bonds is 5. The Hall–Kier alpha value is -1.75. The Morgan fingerprint density at radius 2 is 1.52 bits per heavy atom. The summed E-state index contributed by atoms with van der Waals surface area (Å²) in [5.74, 6) is 0.661. The molecule has 3 rings (SSSR count). The van der Waals surface area contributed by atoms with Gasteiger partial charge in [-0.15, -0.1) is 10.2 Å². The summed E-state index contributed by atoms with van der Waals surface area (Å²) in [4.78, 5) is 4.29. The van der Waals surface area contributed by atoms with Gasteiger partial charge in [-0.3, -0.25) is 0 Å². The fraction of sp³-hybridized carbons (Fsp3) is 0.105. The van der Waals surface area contributed by atoms with Crippen molar-refractivity contribution in [2.45, 2.75) is 6.42 Å². The number of nitrogens with zero attached hydrogens (tertiary/aromatic N) is 1. The van der Waals surface area contributed by atoms with E-state index < -0.39 is 10.2 Å². The van der Waals surface area contributed by atoms with Crippen LogP contribution in [0.2, 0.25) is 0 Å². The second-order valence-electron chi connectivity index (χ2n) is 5.25. The normalized spacial score (nSPS) is 10.7. The van der Waals surface area contributed by atoms with E-state index in [1.54, 1.807) is 7.11 Å². The van der Waals surface area contributed by atoms with E-state index in [9.17, 15) is 0 Å². The molecule has 0 unspecified atom stereocenters. The van der Waals surface area contributed by atoms with Gasteiger partial charge in [-0.05, 0) is 23.8 Å². The summed E-state index contributed by atoms with van der Waals surface area (Å²) in [6.07, 6.45) is 2.82. The second kappa shape index (κ2) is 10.5. The van der Waals surface area contributed by atoms with Crippen molar-refractivity contribution >= 4 is 0 Å². The van der Waals surface area contributed by atoms with Gasteiger partial charge in [0, 0.05) is 24.2 Å². The van der Waals surface area contributed by atoms with Crippen molar-refractivity contribution in [2.75, 3.05) is 7.11 Å². The molecule has 0 aliphatic rings. The topological polar surface area (TPSA) is 114 Å². The SMILES string of the molecule is COc1ccc(Cc2ccccc2[I+]c2ccccc2)cn1.[O-][Cl+3]([O-])([O-])[O-]. The van der Waals surface area contributed by atoms with Gasteiger partial charge in [-0.2, -0.15) is 0 Å². The molecule has 0 fully saturated rings. The first-order chi connectivity index (χ1) is 12.8. The highest BCUT2D eigenvalue weighted by atomic mass is 127. The number of aromatic nitrogens is 1. The van der Waals surface area contributed by atoms with Crippen LogP contribution in [0.4, 0.5) is 0 Å². The van der Waals surface area contributed by atoms with E-state index in [1.165, 1.54) is 18.3 Å². The zero-order valence-electron chi connectivity index (χ0n) is 14.4. The lowest BCUT2D eigenvalue weighted by molar-refractivity contribution is -2.00. The zero-order chi connectivity index (χ0) is 19.7. The van der Waals surface area contributed by atoms with Crippen LogP contribution >= 0.6 is 0 Å². The first kappa shape index (κ1) is 21.5.